The highest BCUT2D eigenvalue weighted by Gasteiger charge is 2.33. The Labute approximate surface area is 181 Å². The zero-order valence-corrected chi connectivity index (χ0v) is 17.1. The molecule has 7 nitrogen and oxygen atoms in total. The van der Waals surface area contributed by atoms with Crippen molar-refractivity contribution in [3.8, 4) is 6.07 Å². The Morgan fingerprint density at radius 3 is 2.34 bits per heavy atom. The Morgan fingerprint density at radius 1 is 1.09 bits per heavy atom. The molecule has 0 bridgehead atoms. The van der Waals surface area contributed by atoms with Crippen LogP contribution in [0.15, 0.2) is 48.5 Å². The maximum absolute atomic E-state index is 14.0. The third-order valence-corrected chi connectivity index (χ3v) is 5.76. The topological polar surface area (TPSA) is 116 Å². The molecular formula is C20H17F4N3O4S. The second-order valence-corrected chi connectivity index (χ2v) is 8.74. The van der Waals surface area contributed by atoms with Gasteiger partial charge in [0.15, 0.2) is 9.84 Å². The minimum Gasteiger partial charge on any atom is -0.341 e. The van der Waals surface area contributed by atoms with Gasteiger partial charge in [-0.1, -0.05) is 18.2 Å². The third kappa shape index (κ3) is 7.05. The van der Waals surface area contributed by atoms with Gasteiger partial charge < -0.3 is 10.6 Å². The van der Waals surface area contributed by atoms with E-state index < -0.39 is 68.9 Å². The summed E-state index contributed by atoms with van der Waals surface area (Å²) in [6.07, 6.45) is -4.81. The van der Waals surface area contributed by atoms with Crippen molar-refractivity contribution in [1.29, 1.82) is 5.26 Å². The number of carbonyl (C=O) groups excluding carboxylic acids is 2. The lowest BCUT2D eigenvalue weighted by atomic mass is 10.1. The van der Waals surface area contributed by atoms with Gasteiger partial charge in [-0.25, -0.2) is 12.8 Å². The number of amides is 2. The number of hydrogen-bond acceptors (Lipinski definition) is 5. The SMILES string of the molecule is N#CCNC(=O)C(CS(=O)(=O)Cc1cc(C(F)(F)F)ccc1F)NC(=O)c1ccccc1. The van der Waals surface area contributed by atoms with E-state index in [9.17, 15) is 35.6 Å². The summed E-state index contributed by atoms with van der Waals surface area (Å²) < 4.78 is 77.7. The molecule has 2 amide bonds. The molecular weight excluding hydrogens is 454 g/mol. The standard InChI is InChI=1S/C20H17F4N3O4S/c21-16-7-6-15(20(22,23)24)10-14(16)11-32(30,31)12-17(19(29)26-9-8-25)27-18(28)13-4-2-1-3-5-13/h1-7,10,17H,9,11-12H2,(H,26,29)(H,27,28). The van der Waals surface area contributed by atoms with Crippen molar-refractivity contribution in [2.24, 2.45) is 0 Å². The summed E-state index contributed by atoms with van der Waals surface area (Å²) in [4.78, 5) is 24.6. The van der Waals surface area contributed by atoms with Gasteiger partial charge in [0.05, 0.1) is 23.1 Å². The van der Waals surface area contributed by atoms with Gasteiger partial charge in [-0.2, -0.15) is 18.4 Å². The molecule has 0 spiro atoms. The average Bonchev–Trinajstić information content (AvgIpc) is 2.72. The molecule has 0 aliphatic heterocycles. The molecule has 170 valence electrons. The average molecular weight is 471 g/mol. The van der Waals surface area contributed by atoms with E-state index in [1.54, 1.807) is 12.1 Å². The van der Waals surface area contributed by atoms with Crippen molar-refractivity contribution in [1.82, 2.24) is 10.6 Å². The molecule has 0 aliphatic rings. The molecule has 1 atom stereocenters. The minimum absolute atomic E-state index is 0.118. The second kappa shape index (κ2) is 10.2. The van der Waals surface area contributed by atoms with E-state index in [4.69, 9.17) is 5.26 Å². The molecule has 0 radical (unpaired) electrons. The van der Waals surface area contributed by atoms with E-state index in [1.807, 2.05) is 0 Å². The smallest absolute Gasteiger partial charge is 0.341 e. The molecule has 32 heavy (non-hydrogen) atoms. The monoisotopic (exact) mass is 471 g/mol. The lowest BCUT2D eigenvalue weighted by molar-refractivity contribution is -0.137. The fourth-order valence-electron chi connectivity index (χ4n) is 2.68. The molecule has 2 aromatic rings. The minimum atomic E-state index is -4.81. The summed E-state index contributed by atoms with van der Waals surface area (Å²) in [6.45, 7) is -0.473. The van der Waals surface area contributed by atoms with Crippen molar-refractivity contribution in [2.75, 3.05) is 12.3 Å². The van der Waals surface area contributed by atoms with Crippen LogP contribution in [0, 0.1) is 17.1 Å². The van der Waals surface area contributed by atoms with Crippen molar-refractivity contribution in [2.45, 2.75) is 18.0 Å². The lowest BCUT2D eigenvalue weighted by Crippen LogP contribution is -2.50. The molecule has 12 heteroatoms. The molecule has 2 N–H and O–H groups in total. The number of alkyl halides is 3. The van der Waals surface area contributed by atoms with Crippen LogP contribution in [0.1, 0.15) is 21.5 Å². The van der Waals surface area contributed by atoms with Gasteiger partial charge in [0, 0.05) is 11.1 Å². The van der Waals surface area contributed by atoms with Crippen LogP contribution in [0.2, 0.25) is 0 Å². The van der Waals surface area contributed by atoms with Crippen LogP contribution >= 0.6 is 0 Å². The summed E-state index contributed by atoms with van der Waals surface area (Å²) in [5.74, 6) is -5.11. The Kier molecular flexibility index (Phi) is 7.93. The van der Waals surface area contributed by atoms with Crippen LogP contribution in [-0.2, 0) is 26.6 Å². The molecule has 2 aromatic carbocycles. The first kappa shape index (κ1) is 24.8. The Morgan fingerprint density at radius 2 is 1.75 bits per heavy atom. The maximum Gasteiger partial charge on any atom is 0.416 e. The summed E-state index contributed by atoms with van der Waals surface area (Å²) >= 11 is 0. The van der Waals surface area contributed by atoms with Crippen LogP contribution in [0.4, 0.5) is 17.6 Å². The highest BCUT2D eigenvalue weighted by atomic mass is 32.2. The van der Waals surface area contributed by atoms with Gasteiger partial charge in [-0.15, -0.1) is 0 Å². The number of sulfone groups is 1. The van der Waals surface area contributed by atoms with Gasteiger partial charge in [0.1, 0.15) is 18.4 Å². The molecule has 0 saturated heterocycles. The van der Waals surface area contributed by atoms with Crippen molar-refractivity contribution < 1.29 is 35.6 Å². The van der Waals surface area contributed by atoms with Crippen LogP contribution in [0.5, 0.6) is 0 Å². The number of halogens is 4. The van der Waals surface area contributed by atoms with Crippen LogP contribution in [0.25, 0.3) is 0 Å². The van der Waals surface area contributed by atoms with Crippen LogP contribution in [-0.4, -0.2) is 38.6 Å². The number of benzene rings is 2. The summed E-state index contributed by atoms with van der Waals surface area (Å²) in [5.41, 5.74) is -1.85. The second-order valence-electron chi connectivity index (χ2n) is 6.63. The van der Waals surface area contributed by atoms with Crippen molar-refractivity contribution in [3.63, 3.8) is 0 Å². The molecule has 2 rings (SSSR count). The normalized spacial score (nSPS) is 12.5. The maximum atomic E-state index is 14.0. The first-order chi connectivity index (χ1) is 14.9. The van der Waals surface area contributed by atoms with Gasteiger partial charge in [-0.3, -0.25) is 9.59 Å². The fraction of sp³-hybridized carbons (Fsp3) is 0.250. The number of nitrogens with one attached hydrogen (secondary N) is 2. The number of carbonyl (C=O) groups is 2. The van der Waals surface area contributed by atoms with Crippen molar-refractivity contribution in [3.05, 3.63) is 71.0 Å². The third-order valence-electron chi connectivity index (χ3n) is 4.17. The summed E-state index contributed by atoms with van der Waals surface area (Å²) in [5, 5.41) is 12.9. The van der Waals surface area contributed by atoms with E-state index >= 15 is 0 Å². The Balaban J connectivity index is 2.26. The Bertz CT molecular complexity index is 1130. The zero-order chi connectivity index (χ0) is 23.9. The predicted molar refractivity (Wildman–Crippen MR) is 105 cm³/mol. The van der Waals surface area contributed by atoms with Crippen LogP contribution < -0.4 is 10.6 Å². The van der Waals surface area contributed by atoms with Gasteiger partial charge in [-0.05, 0) is 30.3 Å². The summed E-state index contributed by atoms with van der Waals surface area (Å²) in [6, 6.07) is 8.81. The molecule has 0 saturated carbocycles. The van der Waals surface area contributed by atoms with Crippen molar-refractivity contribution >= 4 is 21.7 Å². The first-order valence-electron chi connectivity index (χ1n) is 8.99. The van der Waals surface area contributed by atoms with Gasteiger partial charge in [0.2, 0.25) is 5.91 Å². The summed E-state index contributed by atoms with van der Waals surface area (Å²) in [7, 11) is -4.38. The molecule has 0 fully saturated rings. The molecule has 0 aromatic heterocycles. The Hall–Kier alpha value is -3.46. The number of nitriles is 1. The van der Waals surface area contributed by atoms with E-state index in [0.29, 0.717) is 18.2 Å². The van der Waals surface area contributed by atoms with E-state index in [0.717, 1.165) is 0 Å². The first-order valence-corrected chi connectivity index (χ1v) is 10.8. The number of hydrogen-bond donors (Lipinski definition) is 2. The van der Waals surface area contributed by atoms with E-state index in [1.165, 1.54) is 24.3 Å². The lowest BCUT2D eigenvalue weighted by Gasteiger charge is -2.18. The number of nitrogens with zero attached hydrogens (tertiary/aromatic N) is 1. The fourth-order valence-corrected chi connectivity index (χ4v) is 4.23. The van der Waals surface area contributed by atoms with Crippen LogP contribution in [0.3, 0.4) is 0 Å². The van der Waals surface area contributed by atoms with E-state index in [2.05, 4.69) is 10.6 Å². The van der Waals surface area contributed by atoms with Gasteiger partial charge in [0.25, 0.3) is 5.91 Å². The quantitative estimate of drug-likeness (QED) is 0.452. The largest absolute Gasteiger partial charge is 0.416 e. The van der Waals surface area contributed by atoms with Gasteiger partial charge >= 0.3 is 6.18 Å². The molecule has 0 heterocycles. The highest BCUT2D eigenvalue weighted by molar-refractivity contribution is 7.90. The molecule has 1 unspecified atom stereocenters. The molecule has 0 aliphatic carbocycles. The highest BCUT2D eigenvalue weighted by Crippen LogP contribution is 2.30. The van der Waals surface area contributed by atoms with E-state index in [-0.39, 0.29) is 5.56 Å². The number of rotatable bonds is 8. The predicted octanol–water partition coefficient (Wildman–Crippen LogP) is 2.20. The zero-order valence-electron chi connectivity index (χ0n) is 16.3.